The van der Waals surface area contributed by atoms with Crippen molar-refractivity contribution in [2.75, 3.05) is 19.7 Å². The molecule has 1 heterocycles. The summed E-state index contributed by atoms with van der Waals surface area (Å²) in [5, 5.41) is 12.4. The van der Waals surface area contributed by atoms with Gasteiger partial charge < -0.3 is 15.3 Å². The van der Waals surface area contributed by atoms with E-state index in [4.69, 9.17) is 0 Å². The number of urea groups is 1. The molecular weight excluding hydrogens is 192 g/mol. The van der Waals surface area contributed by atoms with Crippen LogP contribution in [0.3, 0.4) is 0 Å². The summed E-state index contributed by atoms with van der Waals surface area (Å²) < 4.78 is 0. The molecule has 4 heteroatoms. The predicted octanol–water partition coefficient (Wildman–Crippen LogP) is 1.10. The molecule has 86 valence electrons. The minimum atomic E-state index is -0.320. The summed E-state index contributed by atoms with van der Waals surface area (Å²) >= 11 is 0. The van der Waals surface area contributed by atoms with Crippen LogP contribution < -0.4 is 5.32 Å². The first kappa shape index (κ1) is 10.7. The van der Waals surface area contributed by atoms with E-state index < -0.39 is 0 Å². The number of hydrogen-bond acceptors (Lipinski definition) is 2. The van der Waals surface area contributed by atoms with E-state index in [-0.39, 0.29) is 18.2 Å². The van der Waals surface area contributed by atoms with Crippen LogP contribution in [0.25, 0.3) is 0 Å². The second-order valence-corrected chi connectivity index (χ2v) is 4.77. The largest absolute Gasteiger partial charge is 0.394 e. The van der Waals surface area contributed by atoms with Gasteiger partial charge in [-0.25, -0.2) is 4.79 Å². The van der Waals surface area contributed by atoms with Crippen molar-refractivity contribution in [2.45, 2.75) is 44.1 Å². The maximum atomic E-state index is 11.9. The maximum absolute atomic E-state index is 11.9. The van der Waals surface area contributed by atoms with Gasteiger partial charge >= 0.3 is 6.03 Å². The smallest absolute Gasteiger partial charge is 0.317 e. The topological polar surface area (TPSA) is 52.6 Å². The monoisotopic (exact) mass is 212 g/mol. The number of likely N-dealkylation sites (tertiary alicyclic amines) is 1. The normalized spacial score (nSPS) is 24.5. The summed E-state index contributed by atoms with van der Waals surface area (Å²) in [6, 6.07) is 0.0171. The quantitative estimate of drug-likeness (QED) is 0.720. The summed E-state index contributed by atoms with van der Waals surface area (Å²) in [6.45, 7) is 1.81. The number of nitrogens with one attached hydrogen (secondary N) is 1. The molecule has 2 N–H and O–H groups in total. The third kappa shape index (κ3) is 2.25. The molecule has 1 saturated heterocycles. The van der Waals surface area contributed by atoms with Gasteiger partial charge in [0, 0.05) is 13.1 Å². The highest BCUT2D eigenvalue weighted by Crippen LogP contribution is 2.29. The summed E-state index contributed by atoms with van der Waals surface area (Å²) in [7, 11) is 0. The fraction of sp³-hybridized carbons (Fsp3) is 0.909. The number of hydrogen-bond donors (Lipinski definition) is 2. The lowest BCUT2D eigenvalue weighted by Gasteiger charge is -2.30. The van der Waals surface area contributed by atoms with Crippen molar-refractivity contribution in [3.63, 3.8) is 0 Å². The third-order valence-electron chi connectivity index (χ3n) is 3.63. The minimum absolute atomic E-state index is 0.0171. The van der Waals surface area contributed by atoms with Crippen LogP contribution in [0, 0.1) is 0 Å². The highest BCUT2D eigenvalue weighted by Gasteiger charge is 2.36. The molecule has 15 heavy (non-hydrogen) atoms. The number of rotatable bonds is 2. The SMILES string of the molecule is O=C(NC1(CO)CCCC1)N1CCCC1. The highest BCUT2D eigenvalue weighted by atomic mass is 16.3. The molecule has 0 spiro atoms. The van der Waals surface area contributed by atoms with E-state index in [1.165, 1.54) is 0 Å². The van der Waals surface area contributed by atoms with Gasteiger partial charge in [-0.1, -0.05) is 12.8 Å². The number of carbonyl (C=O) groups is 1. The molecule has 1 aliphatic carbocycles. The zero-order valence-corrected chi connectivity index (χ0v) is 9.17. The lowest BCUT2D eigenvalue weighted by Crippen LogP contribution is -2.53. The number of carbonyl (C=O) groups excluding carboxylic acids is 1. The zero-order chi connectivity index (χ0) is 10.7. The number of amides is 2. The number of aliphatic hydroxyl groups excluding tert-OH is 1. The molecule has 4 nitrogen and oxygen atoms in total. The Morgan fingerprint density at radius 3 is 2.33 bits per heavy atom. The molecule has 0 atom stereocenters. The van der Waals surface area contributed by atoms with Crippen molar-refractivity contribution < 1.29 is 9.90 Å². The third-order valence-corrected chi connectivity index (χ3v) is 3.63. The van der Waals surface area contributed by atoms with Gasteiger partial charge in [0.25, 0.3) is 0 Å². The first-order chi connectivity index (χ1) is 7.26. The minimum Gasteiger partial charge on any atom is -0.394 e. The molecule has 0 aromatic heterocycles. The van der Waals surface area contributed by atoms with Crippen LogP contribution in [0.4, 0.5) is 4.79 Å². The summed E-state index contributed by atoms with van der Waals surface area (Å²) in [5.74, 6) is 0. The summed E-state index contributed by atoms with van der Waals surface area (Å²) in [6.07, 6.45) is 6.28. The highest BCUT2D eigenvalue weighted by molar-refractivity contribution is 5.75. The average Bonchev–Trinajstić information content (AvgIpc) is 2.88. The Morgan fingerprint density at radius 2 is 1.80 bits per heavy atom. The number of nitrogens with zero attached hydrogens (tertiary/aromatic N) is 1. The molecule has 2 rings (SSSR count). The van der Waals surface area contributed by atoms with Crippen LogP contribution in [0.1, 0.15) is 38.5 Å². The van der Waals surface area contributed by atoms with Crippen molar-refractivity contribution in [3.8, 4) is 0 Å². The van der Waals surface area contributed by atoms with E-state index in [1.54, 1.807) is 0 Å². The van der Waals surface area contributed by atoms with E-state index in [0.29, 0.717) is 0 Å². The van der Waals surface area contributed by atoms with E-state index >= 15 is 0 Å². The maximum Gasteiger partial charge on any atom is 0.317 e. The first-order valence-corrected chi connectivity index (χ1v) is 5.94. The average molecular weight is 212 g/mol. The van der Waals surface area contributed by atoms with Crippen LogP contribution in [0.15, 0.2) is 0 Å². The molecular formula is C11H20N2O2. The fourth-order valence-electron chi connectivity index (χ4n) is 2.60. The van der Waals surface area contributed by atoms with Crippen molar-refractivity contribution in [3.05, 3.63) is 0 Å². The second kappa shape index (κ2) is 4.39. The molecule has 2 fully saturated rings. The van der Waals surface area contributed by atoms with E-state index in [9.17, 15) is 9.90 Å². The van der Waals surface area contributed by atoms with Crippen molar-refractivity contribution in [1.82, 2.24) is 10.2 Å². The standard InChI is InChI=1S/C11H20N2O2/c14-9-11(5-1-2-6-11)12-10(15)13-7-3-4-8-13/h14H,1-9H2,(H,12,15). The Hall–Kier alpha value is -0.770. The van der Waals surface area contributed by atoms with Gasteiger partial charge in [0.1, 0.15) is 0 Å². The molecule has 0 bridgehead atoms. The lowest BCUT2D eigenvalue weighted by molar-refractivity contribution is 0.149. The van der Waals surface area contributed by atoms with Gasteiger partial charge in [0.05, 0.1) is 12.1 Å². The Kier molecular flexibility index (Phi) is 3.14. The van der Waals surface area contributed by atoms with Crippen LogP contribution in [0.5, 0.6) is 0 Å². The van der Waals surface area contributed by atoms with Crippen LogP contribution in [0.2, 0.25) is 0 Å². The van der Waals surface area contributed by atoms with Crippen molar-refractivity contribution >= 4 is 6.03 Å². The van der Waals surface area contributed by atoms with Gasteiger partial charge in [0.15, 0.2) is 0 Å². The van der Waals surface area contributed by atoms with Crippen LogP contribution in [-0.4, -0.2) is 41.3 Å². The molecule has 0 aromatic rings. The lowest BCUT2D eigenvalue weighted by atomic mass is 9.99. The Bertz CT molecular complexity index is 231. The molecule has 2 aliphatic rings. The fourth-order valence-corrected chi connectivity index (χ4v) is 2.60. The van der Waals surface area contributed by atoms with Gasteiger partial charge in [0.2, 0.25) is 0 Å². The molecule has 2 amide bonds. The molecule has 1 saturated carbocycles. The van der Waals surface area contributed by atoms with Gasteiger partial charge in [-0.15, -0.1) is 0 Å². The molecule has 0 unspecified atom stereocenters. The zero-order valence-electron chi connectivity index (χ0n) is 9.17. The van der Waals surface area contributed by atoms with Crippen LogP contribution >= 0.6 is 0 Å². The van der Waals surface area contributed by atoms with Crippen molar-refractivity contribution in [2.24, 2.45) is 0 Å². The molecule has 1 aliphatic heterocycles. The van der Waals surface area contributed by atoms with Crippen LogP contribution in [-0.2, 0) is 0 Å². The van der Waals surface area contributed by atoms with Gasteiger partial charge in [-0.3, -0.25) is 0 Å². The number of aliphatic hydroxyl groups is 1. The van der Waals surface area contributed by atoms with E-state index in [0.717, 1.165) is 51.6 Å². The van der Waals surface area contributed by atoms with Gasteiger partial charge in [-0.2, -0.15) is 0 Å². The van der Waals surface area contributed by atoms with E-state index in [1.807, 2.05) is 4.90 Å². The Balaban J connectivity index is 1.91. The summed E-state index contributed by atoms with van der Waals surface area (Å²) in [5.41, 5.74) is -0.320. The second-order valence-electron chi connectivity index (χ2n) is 4.77. The van der Waals surface area contributed by atoms with Gasteiger partial charge in [-0.05, 0) is 25.7 Å². The molecule has 0 radical (unpaired) electrons. The Labute approximate surface area is 90.6 Å². The molecule has 0 aromatic carbocycles. The Morgan fingerprint density at radius 1 is 1.20 bits per heavy atom. The van der Waals surface area contributed by atoms with Crippen molar-refractivity contribution in [1.29, 1.82) is 0 Å². The van der Waals surface area contributed by atoms with E-state index in [2.05, 4.69) is 5.32 Å². The predicted molar refractivity (Wildman–Crippen MR) is 57.6 cm³/mol. The summed E-state index contributed by atoms with van der Waals surface area (Å²) in [4.78, 5) is 13.7. The first-order valence-electron chi connectivity index (χ1n) is 5.94.